The van der Waals surface area contributed by atoms with Crippen LogP contribution < -0.4 is 16.2 Å². The standard InChI is InChI=1S/C26H27N5O3/c1-17(27-2)25(33)30-22-15-28-24(19-10-4-3-5-11-19)31(26(22)34)16-23(32)29-21-14-8-12-18-9-6-7-13-20(18)21/h3-7,9-11,13,15,17,21H,2,8,12,14,16H2,1H3,(H,29,32)(H,30,33)/t17-,21?/m0/s1. The lowest BCUT2D eigenvalue weighted by atomic mass is 9.88. The van der Waals surface area contributed by atoms with Gasteiger partial charge < -0.3 is 10.6 Å². The number of amides is 2. The van der Waals surface area contributed by atoms with E-state index < -0.39 is 17.5 Å². The number of hydrogen-bond acceptors (Lipinski definition) is 5. The Balaban J connectivity index is 1.64. The summed E-state index contributed by atoms with van der Waals surface area (Å²) in [7, 11) is 0. The summed E-state index contributed by atoms with van der Waals surface area (Å²) in [6, 6.07) is 16.4. The minimum atomic E-state index is -0.726. The number of benzene rings is 2. The van der Waals surface area contributed by atoms with Crippen LogP contribution in [0.3, 0.4) is 0 Å². The summed E-state index contributed by atoms with van der Waals surface area (Å²) >= 11 is 0. The van der Waals surface area contributed by atoms with Crippen LogP contribution in [0, 0.1) is 0 Å². The van der Waals surface area contributed by atoms with Crippen molar-refractivity contribution in [3.05, 3.63) is 82.3 Å². The molecule has 34 heavy (non-hydrogen) atoms. The molecule has 2 atom stereocenters. The molecule has 8 nitrogen and oxygen atoms in total. The van der Waals surface area contributed by atoms with Crippen LogP contribution in [0.4, 0.5) is 5.69 Å². The van der Waals surface area contributed by atoms with Gasteiger partial charge in [0.1, 0.15) is 24.1 Å². The van der Waals surface area contributed by atoms with Crippen LogP contribution in [0.5, 0.6) is 0 Å². The fourth-order valence-electron chi connectivity index (χ4n) is 4.15. The van der Waals surface area contributed by atoms with Crippen LogP contribution >= 0.6 is 0 Å². The zero-order valence-electron chi connectivity index (χ0n) is 19.0. The number of fused-ring (bicyclic) bond motifs is 1. The highest BCUT2D eigenvalue weighted by atomic mass is 16.2. The van der Waals surface area contributed by atoms with E-state index in [9.17, 15) is 14.4 Å². The Kier molecular flexibility index (Phi) is 6.96. The topological polar surface area (TPSA) is 105 Å². The Labute approximate surface area is 197 Å². The van der Waals surface area contributed by atoms with Gasteiger partial charge in [0.2, 0.25) is 11.8 Å². The molecule has 0 bridgehead atoms. The van der Waals surface area contributed by atoms with E-state index in [1.165, 1.54) is 16.3 Å². The summed E-state index contributed by atoms with van der Waals surface area (Å²) < 4.78 is 1.29. The maximum atomic E-state index is 13.3. The van der Waals surface area contributed by atoms with Crippen LogP contribution in [0.25, 0.3) is 11.4 Å². The summed E-state index contributed by atoms with van der Waals surface area (Å²) in [6.45, 7) is 4.71. The Morgan fingerprint density at radius 3 is 2.68 bits per heavy atom. The molecule has 1 heterocycles. The first-order valence-corrected chi connectivity index (χ1v) is 11.3. The highest BCUT2D eigenvalue weighted by molar-refractivity contribution is 5.94. The monoisotopic (exact) mass is 457 g/mol. The van der Waals surface area contributed by atoms with Crippen LogP contribution in [-0.2, 0) is 22.6 Å². The molecule has 2 N–H and O–H groups in total. The fourth-order valence-corrected chi connectivity index (χ4v) is 4.15. The number of nitrogens with zero attached hydrogens (tertiary/aromatic N) is 3. The van der Waals surface area contributed by atoms with E-state index in [4.69, 9.17) is 0 Å². The molecular formula is C26H27N5O3. The van der Waals surface area contributed by atoms with E-state index in [-0.39, 0.29) is 24.2 Å². The van der Waals surface area contributed by atoms with E-state index in [2.05, 4.69) is 33.4 Å². The van der Waals surface area contributed by atoms with E-state index in [0.717, 1.165) is 24.8 Å². The largest absolute Gasteiger partial charge is 0.348 e. The maximum absolute atomic E-state index is 13.3. The molecule has 0 saturated heterocycles. The summed E-state index contributed by atoms with van der Waals surface area (Å²) in [6.07, 6.45) is 4.12. The van der Waals surface area contributed by atoms with Crippen molar-refractivity contribution in [1.82, 2.24) is 14.9 Å². The molecule has 0 spiro atoms. The van der Waals surface area contributed by atoms with Crippen LogP contribution in [0.15, 0.2) is 70.6 Å². The van der Waals surface area contributed by atoms with Gasteiger partial charge in [-0.3, -0.25) is 23.9 Å². The number of aliphatic imine (C=N–C) groups is 1. The fraction of sp³-hybridized carbons (Fsp3) is 0.269. The van der Waals surface area contributed by atoms with Crippen LogP contribution in [-0.4, -0.2) is 34.1 Å². The van der Waals surface area contributed by atoms with Crippen molar-refractivity contribution in [3.63, 3.8) is 0 Å². The van der Waals surface area contributed by atoms with Gasteiger partial charge >= 0.3 is 0 Å². The number of carbonyl (C=O) groups excluding carboxylic acids is 2. The molecule has 0 radical (unpaired) electrons. The van der Waals surface area contributed by atoms with E-state index in [0.29, 0.717) is 11.4 Å². The number of carbonyl (C=O) groups is 2. The minimum absolute atomic E-state index is 0.0176. The molecule has 1 aliphatic carbocycles. The number of nitrogens with one attached hydrogen (secondary N) is 2. The van der Waals surface area contributed by atoms with Crippen molar-refractivity contribution >= 4 is 24.2 Å². The number of hydrogen-bond donors (Lipinski definition) is 2. The molecule has 8 heteroatoms. The van der Waals surface area contributed by atoms with Gasteiger partial charge in [-0.05, 0) is 44.0 Å². The molecule has 0 saturated carbocycles. The smallest absolute Gasteiger partial charge is 0.278 e. The van der Waals surface area contributed by atoms with E-state index >= 15 is 0 Å². The normalized spacial score (nSPS) is 15.6. The van der Waals surface area contributed by atoms with Gasteiger partial charge in [-0.25, -0.2) is 4.98 Å². The number of rotatable bonds is 7. The first-order valence-electron chi connectivity index (χ1n) is 11.3. The lowest BCUT2D eigenvalue weighted by Gasteiger charge is -2.26. The van der Waals surface area contributed by atoms with Gasteiger partial charge in [-0.2, -0.15) is 0 Å². The lowest BCUT2D eigenvalue weighted by Crippen LogP contribution is -2.38. The second-order valence-electron chi connectivity index (χ2n) is 8.31. The van der Waals surface area contributed by atoms with Crippen molar-refractivity contribution in [2.24, 2.45) is 4.99 Å². The Bertz CT molecular complexity index is 1270. The average molecular weight is 458 g/mol. The molecule has 3 aromatic rings. The maximum Gasteiger partial charge on any atom is 0.278 e. The zero-order valence-corrected chi connectivity index (χ0v) is 19.0. The molecule has 2 aromatic carbocycles. The Morgan fingerprint density at radius 1 is 1.18 bits per heavy atom. The molecular weight excluding hydrogens is 430 g/mol. The van der Waals surface area contributed by atoms with Crippen LogP contribution in [0.2, 0.25) is 0 Å². The molecule has 1 unspecified atom stereocenters. The van der Waals surface area contributed by atoms with Gasteiger partial charge in [-0.15, -0.1) is 0 Å². The van der Waals surface area contributed by atoms with Crippen molar-refractivity contribution in [3.8, 4) is 11.4 Å². The van der Waals surface area contributed by atoms with Crippen molar-refractivity contribution in [2.75, 3.05) is 5.32 Å². The molecule has 0 aliphatic heterocycles. The van der Waals surface area contributed by atoms with Gasteiger partial charge in [0.05, 0.1) is 12.2 Å². The third-order valence-electron chi connectivity index (χ3n) is 6.00. The molecule has 174 valence electrons. The Morgan fingerprint density at radius 2 is 1.91 bits per heavy atom. The van der Waals surface area contributed by atoms with Crippen molar-refractivity contribution in [1.29, 1.82) is 0 Å². The zero-order chi connectivity index (χ0) is 24.1. The molecule has 4 rings (SSSR count). The SMILES string of the molecule is C=N[C@@H](C)C(=O)Nc1cnc(-c2ccccc2)n(CC(=O)NC2CCCc3ccccc32)c1=O. The first-order chi connectivity index (χ1) is 16.5. The quantitative estimate of drug-likeness (QED) is 0.532. The molecule has 1 aromatic heterocycles. The third kappa shape index (κ3) is 4.96. The number of aromatic nitrogens is 2. The van der Waals surface area contributed by atoms with Crippen molar-refractivity contribution < 1.29 is 9.59 Å². The predicted molar refractivity (Wildman–Crippen MR) is 132 cm³/mol. The second kappa shape index (κ2) is 10.2. The number of anilines is 1. The average Bonchev–Trinajstić information content (AvgIpc) is 2.86. The van der Waals surface area contributed by atoms with E-state index in [1.807, 2.05) is 48.5 Å². The summed E-state index contributed by atoms with van der Waals surface area (Å²) in [5.41, 5.74) is 2.50. The molecule has 0 fully saturated rings. The van der Waals surface area contributed by atoms with Gasteiger partial charge in [0.15, 0.2) is 0 Å². The minimum Gasteiger partial charge on any atom is -0.348 e. The highest BCUT2D eigenvalue weighted by Gasteiger charge is 2.23. The van der Waals surface area contributed by atoms with Gasteiger partial charge in [0.25, 0.3) is 5.56 Å². The van der Waals surface area contributed by atoms with Gasteiger partial charge in [0, 0.05) is 5.56 Å². The van der Waals surface area contributed by atoms with Gasteiger partial charge in [-0.1, -0.05) is 54.6 Å². The highest BCUT2D eigenvalue weighted by Crippen LogP contribution is 2.29. The molecule has 2 amide bonds. The first kappa shape index (κ1) is 23.1. The number of aryl methyl sites for hydroxylation is 1. The van der Waals surface area contributed by atoms with Crippen molar-refractivity contribution in [2.45, 2.75) is 44.8 Å². The summed E-state index contributed by atoms with van der Waals surface area (Å²) in [4.78, 5) is 46.8. The van der Waals surface area contributed by atoms with E-state index in [1.54, 1.807) is 6.92 Å². The van der Waals surface area contributed by atoms with Crippen LogP contribution in [0.1, 0.15) is 36.9 Å². The second-order valence-corrected chi connectivity index (χ2v) is 8.31. The molecule has 1 aliphatic rings. The summed E-state index contributed by atoms with van der Waals surface area (Å²) in [5.74, 6) is -0.429. The predicted octanol–water partition coefficient (Wildman–Crippen LogP) is 3.13. The third-order valence-corrected chi connectivity index (χ3v) is 6.00. The Hall–Kier alpha value is -4.07. The lowest BCUT2D eigenvalue weighted by molar-refractivity contribution is -0.122. The summed E-state index contributed by atoms with van der Waals surface area (Å²) in [5, 5.41) is 5.63.